The van der Waals surface area contributed by atoms with Crippen molar-refractivity contribution in [3.05, 3.63) is 35.9 Å². The number of aliphatic hydroxyl groups is 2. The Balaban J connectivity index is 2.09. The summed E-state index contributed by atoms with van der Waals surface area (Å²) < 4.78 is 22.2. The molecule has 0 saturated carbocycles. The molecule has 1 aromatic carbocycles. The predicted molar refractivity (Wildman–Crippen MR) is 124 cm³/mol. The van der Waals surface area contributed by atoms with Crippen LogP contribution in [0.25, 0.3) is 0 Å². The van der Waals surface area contributed by atoms with Crippen LogP contribution in [0.4, 0.5) is 4.79 Å². The van der Waals surface area contributed by atoms with Gasteiger partial charge in [-0.05, 0) is 23.7 Å². The van der Waals surface area contributed by atoms with Crippen LogP contribution in [0, 0.1) is 0 Å². The van der Waals surface area contributed by atoms with E-state index < -0.39 is 51.0 Å². The molecule has 1 aliphatic rings. The first-order valence-electron chi connectivity index (χ1n) is 11.1. The fourth-order valence-electron chi connectivity index (χ4n) is 3.13. The van der Waals surface area contributed by atoms with Gasteiger partial charge in [0.05, 0.1) is 24.9 Å². The molecule has 1 amide bonds. The zero-order valence-corrected chi connectivity index (χ0v) is 21.2. The van der Waals surface area contributed by atoms with Gasteiger partial charge in [0.2, 0.25) is 0 Å². The van der Waals surface area contributed by atoms with Crippen LogP contribution in [0.2, 0.25) is 18.1 Å². The molecule has 0 aromatic heterocycles. The normalized spacial score (nSPS) is 24.6. The second-order valence-corrected chi connectivity index (χ2v) is 14.6. The minimum absolute atomic E-state index is 0.0273. The fourth-order valence-corrected chi connectivity index (χ4v) is 4.16. The minimum atomic E-state index is -2.16. The Bertz CT molecular complexity index is 770. The average molecular weight is 484 g/mol. The molecule has 0 radical (unpaired) electrons. The lowest BCUT2D eigenvalue weighted by Gasteiger charge is -2.41. The van der Waals surface area contributed by atoms with Crippen molar-refractivity contribution < 1.29 is 38.4 Å². The Morgan fingerprint density at radius 3 is 2.39 bits per heavy atom. The summed E-state index contributed by atoms with van der Waals surface area (Å²) in [4.78, 5) is 23.8. The second kappa shape index (κ2) is 11.4. The van der Waals surface area contributed by atoms with Crippen molar-refractivity contribution in [3.63, 3.8) is 0 Å². The van der Waals surface area contributed by atoms with Gasteiger partial charge in [-0.1, -0.05) is 51.1 Å². The number of aliphatic hydroxyl groups excluding tert-OH is 2. The number of hydrogen-bond acceptors (Lipinski definition) is 8. The summed E-state index contributed by atoms with van der Waals surface area (Å²) in [5.74, 6) is -0.638. The van der Waals surface area contributed by atoms with Gasteiger partial charge < -0.3 is 34.2 Å². The third-order valence-corrected chi connectivity index (χ3v) is 10.6. The van der Waals surface area contributed by atoms with E-state index in [1.165, 1.54) is 6.92 Å². The Kier molecular flexibility index (Phi) is 9.45. The first-order chi connectivity index (χ1) is 15.3. The topological polar surface area (TPSA) is 124 Å². The Hall–Kier alpha value is -1.98. The molecule has 0 bridgehead atoms. The molecule has 186 valence electrons. The zero-order chi connectivity index (χ0) is 24.8. The third kappa shape index (κ3) is 8.08. The number of alkyl carbamates (subject to hydrolysis) is 1. The van der Waals surface area contributed by atoms with Crippen LogP contribution in [0.15, 0.2) is 30.3 Å². The molecule has 1 saturated heterocycles. The van der Waals surface area contributed by atoms with E-state index in [1.807, 2.05) is 30.3 Å². The van der Waals surface area contributed by atoms with E-state index in [0.717, 1.165) is 5.56 Å². The summed E-state index contributed by atoms with van der Waals surface area (Å²) in [6.45, 7) is 11.9. The molecular formula is C23H37NO8Si. The molecule has 5 atom stereocenters. The number of amides is 1. The molecule has 1 aliphatic heterocycles. The second-order valence-electron chi connectivity index (χ2n) is 9.83. The lowest BCUT2D eigenvalue weighted by molar-refractivity contribution is -0.259. The van der Waals surface area contributed by atoms with Crippen molar-refractivity contribution in [2.75, 3.05) is 6.61 Å². The number of carbonyl (C=O) groups is 2. The lowest BCUT2D eigenvalue weighted by Crippen LogP contribution is -2.58. The number of nitrogens with one attached hydrogen (secondary N) is 1. The molecule has 1 aromatic rings. The fraction of sp³-hybridized carbons (Fsp3) is 0.652. The summed E-state index contributed by atoms with van der Waals surface area (Å²) in [6, 6.07) is 8.56. The highest BCUT2D eigenvalue weighted by molar-refractivity contribution is 6.74. The number of carbonyl (C=O) groups excluding carboxylic acids is 2. The molecular weight excluding hydrogens is 446 g/mol. The molecule has 0 aliphatic carbocycles. The van der Waals surface area contributed by atoms with Crippen molar-refractivity contribution in [1.29, 1.82) is 0 Å². The van der Waals surface area contributed by atoms with Crippen LogP contribution >= 0.6 is 0 Å². The standard InChI is InChI=1S/C23H37NO8Si/c1-15(25)31-20-18(26)12-19(32-21(20)27)17(14-30-33(5,6)23(2,3)4)24-22(28)29-13-16-10-8-7-9-11-16/h7-11,17-21,26-27H,12-14H2,1-6H3,(H,24,28)/t17-,18-,19+,20-,21-/m1/s1. The Morgan fingerprint density at radius 1 is 1.21 bits per heavy atom. The van der Waals surface area contributed by atoms with Crippen molar-refractivity contribution in [2.24, 2.45) is 0 Å². The molecule has 10 heteroatoms. The first kappa shape index (κ1) is 27.3. The lowest BCUT2D eigenvalue weighted by atomic mass is 9.97. The molecule has 1 fully saturated rings. The Morgan fingerprint density at radius 2 is 1.85 bits per heavy atom. The largest absolute Gasteiger partial charge is 0.454 e. The molecule has 33 heavy (non-hydrogen) atoms. The SMILES string of the molecule is CC(=O)O[C@@H]1[C@H](O)C[C@@H]([C@@H](CO[Si](C)(C)C(C)(C)C)NC(=O)OCc2ccccc2)O[C@H]1O. The zero-order valence-electron chi connectivity index (χ0n) is 20.2. The molecule has 0 unspecified atom stereocenters. The molecule has 2 rings (SSSR count). The number of rotatable bonds is 8. The van der Waals surface area contributed by atoms with Gasteiger partial charge in [0, 0.05) is 13.3 Å². The average Bonchev–Trinajstić information content (AvgIpc) is 2.72. The van der Waals surface area contributed by atoms with E-state index >= 15 is 0 Å². The maximum atomic E-state index is 12.5. The maximum Gasteiger partial charge on any atom is 0.407 e. The van der Waals surface area contributed by atoms with Crippen LogP contribution in [-0.4, -0.2) is 67.8 Å². The van der Waals surface area contributed by atoms with Crippen LogP contribution in [0.1, 0.15) is 39.7 Å². The molecule has 0 spiro atoms. The summed E-state index contributed by atoms with van der Waals surface area (Å²) in [7, 11) is -2.16. The summed E-state index contributed by atoms with van der Waals surface area (Å²) in [5, 5.41) is 23.5. The molecule has 3 N–H and O–H groups in total. The van der Waals surface area contributed by atoms with Gasteiger partial charge in [0.1, 0.15) is 6.61 Å². The Labute approximate surface area is 196 Å². The monoisotopic (exact) mass is 483 g/mol. The van der Waals surface area contributed by atoms with E-state index in [2.05, 4.69) is 39.2 Å². The number of ether oxygens (including phenoxy) is 3. The first-order valence-corrected chi connectivity index (χ1v) is 14.0. The number of hydrogen-bond donors (Lipinski definition) is 3. The maximum absolute atomic E-state index is 12.5. The van der Waals surface area contributed by atoms with E-state index in [4.69, 9.17) is 18.6 Å². The highest BCUT2D eigenvalue weighted by Crippen LogP contribution is 2.37. The highest BCUT2D eigenvalue weighted by atomic mass is 28.4. The van der Waals surface area contributed by atoms with Gasteiger partial charge in [0.15, 0.2) is 20.7 Å². The van der Waals surface area contributed by atoms with Crippen LogP contribution in [-0.2, 0) is 30.0 Å². The van der Waals surface area contributed by atoms with E-state index in [9.17, 15) is 19.8 Å². The highest BCUT2D eigenvalue weighted by Gasteiger charge is 2.44. The molecule has 9 nitrogen and oxygen atoms in total. The van der Waals surface area contributed by atoms with E-state index in [1.54, 1.807) is 0 Å². The van der Waals surface area contributed by atoms with Gasteiger partial charge >= 0.3 is 12.1 Å². The van der Waals surface area contributed by atoms with Crippen molar-refractivity contribution in [2.45, 2.75) is 89.5 Å². The predicted octanol–water partition coefficient (Wildman–Crippen LogP) is 2.70. The van der Waals surface area contributed by atoms with Crippen molar-refractivity contribution in [1.82, 2.24) is 5.32 Å². The smallest absolute Gasteiger partial charge is 0.407 e. The van der Waals surface area contributed by atoms with Gasteiger partial charge in [-0.2, -0.15) is 0 Å². The van der Waals surface area contributed by atoms with Crippen LogP contribution in [0.3, 0.4) is 0 Å². The van der Waals surface area contributed by atoms with Gasteiger partial charge in [0.25, 0.3) is 0 Å². The minimum Gasteiger partial charge on any atom is -0.454 e. The van der Waals surface area contributed by atoms with Gasteiger partial charge in [-0.15, -0.1) is 0 Å². The summed E-state index contributed by atoms with van der Waals surface area (Å²) in [5.41, 5.74) is 0.839. The van der Waals surface area contributed by atoms with E-state index in [0.29, 0.717) is 0 Å². The van der Waals surface area contributed by atoms with Gasteiger partial charge in [-0.25, -0.2) is 4.79 Å². The number of benzene rings is 1. The summed E-state index contributed by atoms with van der Waals surface area (Å²) in [6.07, 6.45) is -5.33. The number of esters is 1. The molecule has 1 heterocycles. The van der Waals surface area contributed by atoms with Crippen LogP contribution in [0.5, 0.6) is 0 Å². The van der Waals surface area contributed by atoms with E-state index in [-0.39, 0.29) is 24.7 Å². The van der Waals surface area contributed by atoms with Crippen LogP contribution < -0.4 is 5.32 Å². The van der Waals surface area contributed by atoms with Gasteiger partial charge in [-0.3, -0.25) is 4.79 Å². The van der Waals surface area contributed by atoms with Crippen molar-refractivity contribution in [3.8, 4) is 0 Å². The summed E-state index contributed by atoms with van der Waals surface area (Å²) >= 11 is 0. The third-order valence-electron chi connectivity index (χ3n) is 6.15. The quantitative estimate of drug-likeness (QED) is 0.381. The van der Waals surface area contributed by atoms with Crippen molar-refractivity contribution >= 4 is 20.4 Å².